The molecule has 0 fully saturated rings. The highest BCUT2D eigenvalue weighted by molar-refractivity contribution is 6.05. The summed E-state index contributed by atoms with van der Waals surface area (Å²) >= 11 is 0. The number of amides is 1. The van der Waals surface area contributed by atoms with Gasteiger partial charge in [0.1, 0.15) is 5.75 Å². The van der Waals surface area contributed by atoms with E-state index in [0.29, 0.717) is 17.4 Å². The van der Waals surface area contributed by atoms with Gasteiger partial charge in [-0.1, -0.05) is 19.4 Å². The Kier molecular flexibility index (Phi) is 6.03. The van der Waals surface area contributed by atoms with E-state index in [1.165, 1.54) is 24.3 Å². The fourth-order valence-electron chi connectivity index (χ4n) is 2.12. The molecule has 0 saturated carbocycles. The Balaban J connectivity index is 2.12. The first-order valence-corrected chi connectivity index (χ1v) is 7.82. The summed E-state index contributed by atoms with van der Waals surface area (Å²) in [4.78, 5) is 12.4. The van der Waals surface area contributed by atoms with Crippen LogP contribution in [-0.2, 0) is 6.18 Å². The topological polar surface area (TPSA) is 55.6 Å². The summed E-state index contributed by atoms with van der Waals surface area (Å²) < 4.78 is 43.8. The summed E-state index contributed by atoms with van der Waals surface area (Å²) in [6, 6.07) is 10.6. The van der Waals surface area contributed by atoms with Crippen LogP contribution in [-0.4, -0.2) is 12.5 Å². The monoisotopic (exact) mass is 352 g/mol. The van der Waals surface area contributed by atoms with Crippen LogP contribution in [0.1, 0.15) is 35.7 Å². The molecule has 0 heterocycles. The first-order chi connectivity index (χ1) is 11.8. The number of nitrogens with zero attached hydrogens (tertiary/aromatic N) is 1. The zero-order valence-electron chi connectivity index (χ0n) is 13.7. The van der Waals surface area contributed by atoms with Gasteiger partial charge in [-0.3, -0.25) is 4.79 Å². The van der Waals surface area contributed by atoms with Gasteiger partial charge < -0.3 is 4.74 Å². The van der Waals surface area contributed by atoms with Gasteiger partial charge in [0, 0.05) is 5.56 Å². The zero-order valence-corrected chi connectivity index (χ0v) is 13.7. The second-order valence-corrected chi connectivity index (χ2v) is 5.45. The normalized spacial score (nSPS) is 11.2. The highest BCUT2D eigenvalue weighted by atomic mass is 19.4. The molecule has 0 spiro atoms. The van der Waals surface area contributed by atoms with Crippen LogP contribution in [0.25, 0.3) is 0 Å². The minimum atomic E-state index is -4.50. The Bertz CT molecular complexity index is 715. The Morgan fingerprint density at radius 3 is 2.44 bits per heavy atom. The van der Waals surface area contributed by atoms with E-state index in [9.17, 15) is 18.0 Å². The van der Waals surface area contributed by atoms with Crippen LogP contribution in [0.5, 0.6) is 5.75 Å². The maximum Gasteiger partial charge on any atom is 0.416 e. The third-order valence-corrected chi connectivity index (χ3v) is 3.54. The van der Waals surface area contributed by atoms with Gasteiger partial charge in [-0.05, 0) is 48.9 Å². The summed E-state index contributed by atoms with van der Waals surface area (Å²) in [5, 5.41) is 0.697. The molecule has 0 unspecified atom stereocenters. The first-order valence-electron chi connectivity index (χ1n) is 7.82. The third kappa shape index (κ3) is 4.96. The molecule has 0 radical (unpaired) electrons. The molecule has 134 valence electrons. The van der Waals surface area contributed by atoms with E-state index in [1.54, 1.807) is 12.1 Å². The predicted molar refractivity (Wildman–Crippen MR) is 89.3 cm³/mol. The molecular formula is C18H19F3N2O2. The molecule has 0 saturated heterocycles. The van der Waals surface area contributed by atoms with Gasteiger partial charge in [0.25, 0.3) is 5.91 Å². The molecule has 4 nitrogen and oxygen atoms in total. The molecule has 25 heavy (non-hydrogen) atoms. The number of hydrogen-bond acceptors (Lipinski definition) is 3. The molecule has 0 aliphatic carbocycles. The van der Waals surface area contributed by atoms with Crippen molar-refractivity contribution in [3.63, 3.8) is 0 Å². The summed E-state index contributed by atoms with van der Waals surface area (Å²) in [6.07, 6.45) is -2.57. The van der Waals surface area contributed by atoms with E-state index in [0.717, 1.165) is 25.0 Å². The molecule has 0 aromatic heterocycles. The van der Waals surface area contributed by atoms with Crippen molar-refractivity contribution in [3.8, 4) is 5.75 Å². The summed E-state index contributed by atoms with van der Waals surface area (Å²) in [7, 11) is 0. The number of hydrazine groups is 1. The number of hydrogen-bond donors (Lipinski definition) is 1. The minimum Gasteiger partial charge on any atom is -0.494 e. The average molecular weight is 352 g/mol. The average Bonchev–Trinajstić information content (AvgIpc) is 2.61. The fraction of sp³-hybridized carbons (Fsp3) is 0.278. The number of carbonyl (C=O) groups is 1. The van der Waals surface area contributed by atoms with Crippen molar-refractivity contribution in [3.05, 3.63) is 59.7 Å². The highest BCUT2D eigenvalue weighted by Crippen LogP contribution is 2.31. The van der Waals surface area contributed by atoms with Gasteiger partial charge in [-0.25, -0.2) is 10.9 Å². The van der Waals surface area contributed by atoms with Crippen LogP contribution in [0, 0.1) is 0 Å². The lowest BCUT2D eigenvalue weighted by Crippen LogP contribution is -2.37. The van der Waals surface area contributed by atoms with Crippen molar-refractivity contribution in [2.75, 3.05) is 11.6 Å². The van der Waals surface area contributed by atoms with Crippen molar-refractivity contribution in [2.45, 2.75) is 25.9 Å². The number of alkyl halides is 3. The van der Waals surface area contributed by atoms with Gasteiger partial charge in [-0.15, -0.1) is 0 Å². The Morgan fingerprint density at radius 1 is 1.16 bits per heavy atom. The molecular weight excluding hydrogens is 333 g/mol. The summed E-state index contributed by atoms with van der Waals surface area (Å²) in [5.41, 5.74) is -0.654. The van der Waals surface area contributed by atoms with E-state index in [-0.39, 0.29) is 11.3 Å². The number of unbranched alkanes of at least 4 members (excludes halogenated alkanes) is 1. The van der Waals surface area contributed by atoms with E-state index >= 15 is 0 Å². The van der Waals surface area contributed by atoms with Crippen molar-refractivity contribution in [2.24, 2.45) is 5.84 Å². The largest absolute Gasteiger partial charge is 0.494 e. The fourth-order valence-corrected chi connectivity index (χ4v) is 2.12. The van der Waals surface area contributed by atoms with Gasteiger partial charge >= 0.3 is 6.18 Å². The molecule has 2 aromatic rings. The molecule has 0 bridgehead atoms. The van der Waals surface area contributed by atoms with Gasteiger partial charge in [0.05, 0.1) is 17.9 Å². The summed E-state index contributed by atoms with van der Waals surface area (Å²) in [6.45, 7) is 2.63. The molecule has 2 N–H and O–H groups in total. The highest BCUT2D eigenvalue weighted by Gasteiger charge is 2.31. The third-order valence-electron chi connectivity index (χ3n) is 3.54. The van der Waals surface area contributed by atoms with Gasteiger partial charge in [0.2, 0.25) is 0 Å². The maximum atomic E-state index is 12.8. The molecule has 1 amide bonds. The number of benzene rings is 2. The number of nitrogens with two attached hydrogens (primary N) is 1. The molecule has 0 aliphatic rings. The zero-order chi connectivity index (χ0) is 18.4. The number of halogens is 3. The molecule has 2 rings (SSSR count). The predicted octanol–water partition coefficient (Wildman–Crippen LogP) is 4.40. The van der Waals surface area contributed by atoms with Crippen LogP contribution < -0.4 is 15.6 Å². The van der Waals surface area contributed by atoms with Crippen molar-refractivity contribution in [1.82, 2.24) is 0 Å². The molecule has 0 atom stereocenters. The lowest BCUT2D eigenvalue weighted by molar-refractivity contribution is -0.137. The second kappa shape index (κ2) is 8.02. The quantitative estimate of drug-likeness (QED) is 0.363. The lowest BCUT2D eigenvalue weighted by Gasteiger charge is -2.18. The molecule has 2 aromatic carbocycles. The maximum absolute atomic E-state index is 12.8. The Morgan fingerprint density at radius 2 is 1.84 bits per heavy atom. The minimum absolute atomic E-state index is 0.0388. The second-order valence-electron chi connectivity index (χ2n) is 5.45. The number of anilines is 1. The van der Waals surface area contributed by atoms with Crippen LogP contribution >= 0.6 is 0 Å². The molecule has 7 heteroatoms. The van der Waals surface area contributed by atoms with E-state index in [1.807, 2.05) is 0 Å². The smallest absolute Gasteiger partial charge is 0.416 e. The number of rotatable bonds is 6. The van der Waals surface area contributed by atoms with Crippen LogP contribution in [0.3, 0.4) is 0 Å². The van der Waals surface area contributed by atoms with E-state index in [4.69, 9.17) is 10.6 Å². The first kappa shape index (κ1) is 18.8. The van der Waals surface area contributed by atoms with E-state index in [2.05, 4.69) is 6.92 Å². The Labute approximate surface area is 144 Å². The lowest BCUT2D eigenvalue weighted by atomic mass is 10.1. The van der Waals surface area contributed by atoms with Gasteiger partial charge in [-0.2, -0.15) is 13.2 Å². The van der Waals surface area contributed by atoms with Crippen molar-refractivity contribution < 1.29 is 22.7 Å². The standard InChI is InChI=1S/C18H19F3N2O2/c1-2-3-11-25-16-9-7-13(8-10-16)17(24)23(22)15-6-4-5-14(12-15)18(19,20)21/h4-10,12H,2-3,11,22H2,1H3. The van der Waals surface area contributed by atoms with Crippen molar-refractivity contribution in [1.29, 1.82) is 0 Å². The summed E-state index contributed by atoms with van der Waals surface area (Å²) in [5.74, 6) is 5.71. The van der Waals surface area contributed by atoms with Crippen LogP contribution in [0.4, 0.5) is 18.9 Å². The van der Waals surface area contributed by atoms with Crippen LogP contribution in [0.2, 0.25) is 0 Å². The number of carbonyl (C=O) groups excluding carboxylic acids is 1. The molecule has 0 aliphatic heterocycles. The van der Waals surface area contributed by atoms with Gasteiger partial charge in [0.15, 0.2) is 0 Å². The van der Waals surface area contributed by atoms with E-state index < -0.39 is 17.6 Å². The van der Waals surface area contributed by atoms with Crippen LogP contribution in [0.15, 0.2) is 48.5 Å². The number of ether oxygens (including phenoxy) is 1. The Hall–Kier alpha value is -2.54. The SMILES string of the molecule is CCCCOc1ccc(C(=O)N(N)c2cccc(C(F)(F)F)c2)cc1. The van der Waals surface area contributed by atoms with Crippen molar-refractivity contribution >= 4 is 11.6 Å².